The number of aldehydes is 1. The third-order valence-electron chi connectivity index (χ3n) is 2.55. The van der Waals surface area contributed by atoms with E-state index in [2.05, 4.69) is 17.4 Å². The summed E-state index contributed by atoms with van der Waals surface area (Å²) in [6, 6.07) is 15.7. The molecule has 2 aromatic rings. The van der Waals surface area contributed by atoms with Crippen LogP contribution in [0.25, 0.3) is 11.1 Å². The van der Waals surface area contributed by atoms with E-state index in [1.165, 1.54) is 0 Å². The summed E-state index contributed by atoms with van der Waals surface area (Å²) >= 11 is 0. The lowest BCUT2D eigenvalue weighted by Gasteiger charge is -2.04. The smallest absolute Gasteiger partial charge is 0.150 e. The van der Waals surface area contributed by atoms with Crippen molar-refractivity contribution >= 4 is 12.0 Å². The van der Waals surface area contributed by atoms with Crippen molar-refractivity contribution in [3.8, 4) is 11.1 Å². The van der Waals surface area contributed by atoms with Crippen molar-refractivity contribution in [1.29, 1.82) is 0 Å². The second kappa shape index (κ2) is 4.62. The molecule has 16 heavy (non-hydrogen) atoms. The first-order valence-electron chi connectivity index (χ1n) is 5.17. The Hall–Kier alpha value is -2.09. The van der Waals surface area contributed by atoms with Crippen LogP contribution in [0.4, 0.5) is 5.69 Å². The van der Waals surface area contributed by atoms with Crippen LogP contribution >= 0.6 is 0 Å². The fourth-order valence-corrected chi connectivity index (χ4v) is 1.58. The minimum atomic E-state index is 0.704. The first-order valence-corrected chi connectivity index (χ1v) is 5.17. The fraction of sp³-hybridized carbons (Fsp3) is 0.0714. The molecule has 0 saturated carbocycles. The maximum atomic E-state index is 10.5. The van der Waals surface area contributed by atoms with Gasteiger partial charge in [0.15, 0.2) is 0 Å². The second-order valence-electron chi connectivity index (χ2n) is 3.57. The van der Waals surface area contributed by atoms with Crippen LogP contribution in [-0.2, 0) is 0 Å². The van der Waals surface area contributed by atoms with Gasteiger partial charge in [-0.05, 0) is 23.3 Å². The highest BCUT2D eigenvalue weighted by Crippen LogP contribution is 2.21. The van der Waals surface area contributed by atoms with Crippen LogP contribution in [0.5, 0.6) is 0 Å². The van der Waals surface area contributed by atoms with Gasteiger partial charge in [0.25, 0.3) is 0 Å². The summed E-state index contributed by atoms with van der Waals surface area (Å²) in [6.07, 6.45) is 0.855. The van der Waals surface area contributed by atoms with Gasteiger partial charge in [-0.25, -0.2) is 0 Å². The summed E-state index contributed by atoms with van der Waals surface area (Å²) in [5, 5.41) is 3.08. The number of carbonyl (C=O) groups excluding carboxylic acids is 1. The Morgan fingerprint density at radius 1 is 0.875 bits per heavy atom. The van der Waals surface area contributed by atoms with Crippen LogP contribution in [0, 0.1) is 0 Å². The van der Waals surface area contributed by atoms with E-state index >= 15 is 0 Å². The third kappa shape index (κ3) is 2.11. The van der Waals surface area contributed by atoms with Gasteiger partial charge in [0, 0.05) is 18.3 Å². The SMILES string of the molecule is CNc1ccc(-c2ccc(C=O)cc2)cc1. The second-order valence-corrected chi connectivity index (χ2v) is 3.57. The van der Waals surface area contributed by atoms with Gasteiger partial charge < -0.3 is 5.32 Å². The minimum Gasteiger partial charge on any atom is -0.388 e. The Kier molecular flexibility index (Phi) is 3.01. The number of rotatable bonds is 3. The zero-order chi connectivity index (χ0) is 11.4. The molecule has 0 aliphatic carbocycles. The van der Waals surface area contributed by atoms with Crippen molar-refractivity contribution < 1.29 is 4.79 Å². The van der Waals surface area contributed by atoms with Crippen molar-refractivity contribution in [3.63, 3.8) is 0 Å². The van der Waals surface area contributed by atoms with E-state index in [9.17, 15) is 4.79 Å². The van der Waals surface area contributed by atoms with Gasteiger partial charge in [-0.2, -0.15) is 0 Å². The van der Waals surface area contributed by atoms with Crippen molar-refractivity contribution in [2.75, 3.05) is 12.4 Å². The molecule has 0 amide bonds. The Bertz CT molecular complexity index is 471. The normalized spacial score (nSPS) is 9.81. The Morgan fingerprint density at radius 3 is 1.81 bits per heavy atom. The zero-order valence-corrected chi connectivity index (χ0v) is 9.10. The highest BCUT2D eigenvalue weighted by Gasteiger charge is 1.97. The van der Waals surface area contributed by atoms with Crippen molar-refractivity contribution in [2.45, 2.75) is 0 Å². The number of carbonyl (C=O) groups is 1. The summed E-state index contributed by atoms with van der Waals surface area (Å²) in [5.41, 5.74) is 4.06. The molecular weight excluding hydrogens is 198 g/mol. The largest absolute Gasteiger partial charge is 0.388 e. The Balaban J connectivity index is 2.31. The van der Waals surface area contributed by atoms with Gasteiger partial charge in [-0.3, -0.25) is 4.79 Å². The van der Waals surface area contributed by atoms with Crippen molar-refractivity contribution in [2.24, 2.45) is 0 Å². The standard InChI is InChI=1S/C14H13NO/c1-15-14-8-6-13(7-9-14)12-4-2-11(10-16)3-5-12/h2-10,15H,1H3. The highest BCUT2D eigenvalue weighted by atomic mass is 16.1. The van der Waals surface area contributed by atoms with Crippen molar-refractivity contribution in [1.82, 2.24) is 0 Å². The lowest BCUT2D eigenvalue weighted by molar-refractivity contribution is 0.112. The predicted molar refractivity (Wildman–Crippen MR) is 66.8 cm³/mol. The van der Waals surface area contributed by atoms with Gasteiger partial charge in [-0.1, -0.05) is 36.4 Å². The summed E-state index contributed by atoms with van der Waals surface area (Å²) in [6.45, 7) is 0. The topological polar surface area (TPSA) is 29.1 Å². The molecule has 2 nitrogen and oxygen atoms in total. The summed E-state index contributed by atoms with van der Waals surface area (Å²) in [5.74, 6) is 0. The quantitative estimate of drug-likeness (QED) is 0.790. The number of hydrogen-bond acceptors (Lipinski definition) is 2. The van der Waals surface area contributed by atoms with Gasteiger partial charge in [0.05, 0.1) is 0 Å². The summed E-state index contributed by atoms with van der Waals surface area (Å²) in [4.78, 5) is 10.5. The highest BCUT2D eigenvalue weighted by molar-refractivity contribution is 5.77. The molecule has 0 atom stereocenters. The predicted octanol–water partition coefficient (Wildman–Crippen LogP) is 3.21. The average molecular weight is 211 g/mol. The molecule has 0 radical (unpaired) electrons. The lowest BCUT2D eigenvalue weighted by atomic mass is 10.0. The molecule has 2 rings (SSSR count). The fourth-order valence-electron chi connectivity index (χ4n) is 1.58. The van der Waals surface area contributed by atoms with E-state index in [-0.39, 0.29) is 0 Å². The Morgan fingerprint density at radius 2 is 1.38 bits per heavy atom. The zero-order valence-electron chi connectivity index (χ0n) is 9.10. The van der Waals surface area contributed by atoms with Crippen LogP contribution < -0.4 is 5.32 Å². The monoisotopic (exact) mass is 211 g/mol. The number of anilines is 1. The lowest BCUT2D eigenvalue weighted by Crippen LogP contribution is -1.87. The first-order chi connectivity index (χ1) is 7.83. The van der Waals surface area contributed by atoms with Gasteiger partial charge >= 0.3 is 0 Å². The molecule has 0 unspecified atom stereocenters. The van der Waals surface area contributed by atoms with Crippen LogP contribution in [0.3, 0.4) is 0 Å². The molecule has 2 heteroatoms. The van der Waals surface area contributed by atoms with E-state index in [1.807, 2.05) is 43.4 Å². The van der Waals surface area contributed by atoms with Crippen LogP contribution in [0.15, 0.2) is 48.5 Å². The average Bonchev–Trinajstić information content (AvgIpc) is 2.39. The van der Waals surface area contributed by atoms with Crippen LogP contribution in [-0.4, -0.2) is 13.3 Å². The molecule has 0 aliphatic rings. The molecule has 80 valence electrons. The Labute approximate surface area is 94.9 Å². The van der Waals surface area contributed by atoms with E-state index in [1.54, 1.807) is 0 Å². The molecule has 0 fully saturated rings. The first kappa shape index (κ1) is 10.4. The van der Waals surface area contributed by atoms with Gasteiger partial charge in [0.2, 0.25) is 0 Å². The van der Waals surface area contributed by atoms with Gasteiger partial charge in [-0.15, -0.1) is 0 Å². The summed E-state index contributed by atoms with van der Waals surface area (Å²) < 4.78 is 0. The maximum absolute atomic E-state index is 10.5. The van der Waals surface area contributed by atoms with E-state index in [4.69, 9.17) is 0 Å². The van der Waals surface area contributed by atoms with Crippen LogP contribution in [0.1, 0.15) is 10.4 Å². The van der Waals surface area contributed by atoms with E-state index in [0.29, 0.717) is 5.56 Å². The maximum Gasteiger partial charge on any atom is 0.150 e. The molecule has 0 aromatic heterocycles. The van der Waals surface area contributed by atoms with Crippen molar-refractivity contribution in [3.05, 3.63) is 54.1 Å². The molecule has 0 saturated heterocycles. The summed E-state index contributed by atoms with van der Waals surface area (Å²) in [7, 11) is 1.90. The van der Waals surface area contributed by atoms with Gasteiger partial charge in [0.1, 0.15) is 6.29 Å². The molecular formula is C14H13NO. The van der Waals surface area contributed by atoms with E-state index in [0.717, 1.165) is 23.1 Å². The molecule has 1 N–H and O–H groups in total. The molecule has 2 aromatic carbocycles. The van der Waals surface area contributed by atoms with Crippen LogP contribution in [0.2, 0.25) is 0 Å². The molecule has 0 aliphatic heterocycles. The number of benzene rings is 2. The minimum absolute atomic E-state index is 0.704. The van der Waals surface area contributed by atoms with E-state index < -0.39 is 0 Å². The number of hydrogen-bond donors (Lipinski definition) is 1. The molecule has 0 spiro atoms. The third-order valence-corrected chi connectivity index (χ3v) is 2.55. The number of nitrogens with one attached hydrogen (secondary N) is 1. The molecule has 0 bridgehead atoms. The molecule has 0 heterocycles.